The second kappa shape index (κ2) is 8.13. The molecule has 1 aromatic carbocycles. The molecule has 9 heteroatoms. The smallest absolute Gasteiger partial charge is 0.326 e. The molecule has 25 heavy (non-hydrogen) atoms. The van der Waals surface area contributed by atoms with Crippen molar-refractivity contribution in [3.05, 3.63) is 24.3 Å². The number of carbonyl (C=O) groups is 4. The number of anilines is 1. The summed E-state index contributed by atoms with van der Waals surface area (Å²) < 4.78 is 5.30. The van der Waals surface area contributed by atoms with Crippen LogP contribution in [0.4, 0.5) is 5.69 Å². The molecule has 9 nitrogen and oxygen atoms in total. The zero-order valence-electron chi connectivity index (χ0n) is 13.3. The summed E-state index contributed by atoms with van der Waals surface area (Å²) in [5.74, 6) is -2.78. The summed E-state index contributed by atoms with van der Waals surface area (Å²) in [5, 5.41) is 19.9. The average Bonchev–Trinajstić information content (AvgIpc) is 2.57. The van der Waals surface area contributed by atoms with Gasteiger partial charge in [0.25, 0.3) is 5.91 Å². The fraction of sp³-hybridized carbons (Fsp3) is 0.375. The van der Waals surface area contributed by atoms with Crippen molar-refractivity contribution in [1.82, 2.24) is 5.32 Å². The SMILES string of the molecule is O=C(O)CCC(NC(=O)CCN1C(=O)COc2ccccc21)C(=O)O. The third kappa shape index (κ3) is 4.93. The van der Waals surface area contributed by atoms with Crippen LogP contribution >= 0.6 is 0 Å². The molecular weight excluding hydrogens is 332 g/mol. The molecule has 0 aromatic heterocycles. The lowest BCUT2D eigenvalue weighted by molar-refractivity contribution is -0.143. The van der Waals surface area contributed by atoms with E-state index in [1.54, 1.807) is 24.3 Å². The van der Waals surface area contributed by atoms with Crippen LogP contribution in [0.5, 0.6) is 5.75 Å². The maximum Gasteiger partial charge on any atom is 0.326 e. The molecule has 2 amide bonds. The molecule has 1 unspecified atom stereocenters. The Hall–Kier alpha value is -3.10. The molecule has 1 aromatic rings. The van der Waals surface area contributed by atoms with Gasteiger partial charge in [0, 0.05) is 19.4 Å². The van der Waals surface area contributed by atoms with Gasteiger partial charge in [0.05, 0.1) is 5.69 Å². The minimum absolute atomic E-state index is 0.0658. The van der Waals surface area contributed by atoms with Crippen molar-refractivity contribution < 1.29 is 34.1 Å². The number of nitrogens with one attached hydrogen (secondary N) is 1. The van der Waals surface area contributed by atoms with Crippen LogP contribution < -0.4 is 15.0 Å². The molecular formula is C16H18N2O7. The predicted molar refractivity (Wildman–Crippen MR) is 85.3 cm³/mol. The number of aliphatic carboxylic acids is 2. The third-order valence-corrected chi connectivity index (χ3v) is 3.65. The molecule has 0 spiro atoms. The van der Waals surface area contributed by atoms with Crippen molar-refractivity contribution in [2.24, 2.45) is 0 Å². The first-order chi connectivity index (χ1) is 11.9. The zero-order chi connectivity index (χ0) is 18.4. The standard InChI is InChI=1S/C16H18N2O7/c19-13(17-10(16(23)24)5-6-15(21)22)7-8-18-11-3-1-2-4-12(11)25-9-14(18)20/h1-4,10H,5-9H2,(H,17,19)(H,21,22)(H,23,24). The number of fused-ring (bicyclic) bond motifs is 1. The van der Waals surface area contributed by atoms with E-state index in [4.69, 9.17) is 14.9 Å². The van der Waals surface area contributed by atoms with Crippen LogP contribution in [-0.2, 0) is 19.2 Å². The molecule has 0 saturated heterocycles. The van der Waals surface area contributed by atoms with E-state index in [9.17, 15) is 19.2 Å². The lowest BCUT2D eigenvalue weighted by atomic mass is 10.1. The second-order valence-corrected chi connectivity index (χ2v) is 5.44. The van der Waals surface area contributed by atoms with Gasteiger partial charge in [-0.15, -0.1) is 0 Å². The number of para-hydroxylation sites is 2. The van der Waals surface area contributed by atoms with E-state index in [0.717, 1.165) is 0 Å². The Morgan fingerprint density at radius 3 is 2.60 bits per heavy atom. The number of carboxylic acid groups (broad SMARTS) is 2. The van der Waals surface area contributed by atoms with Crippen molar-refractivity contribution in [2.45, 2.75) is 25.3 Å². The topological polar surface area (TPSA) is 133 Å². The summed E-state index contributed by atoms with van der Waals surface area (Å²) in [4.78, 5) is 47.0. The number of nitrogens with zero attached hydrogens (tertiary/aromatic N) is 1. The van der Waals surface area contributed by atoms with Crippen molar-refractivity contribution in [3.63, 3.8) is 0 Å². The van der Waals surface area contributed by atoms with Gasteiger partial charge in [-0.05, 0) is 18.6 Å². The van der Waals surface area contributed by atoms with Crippen molar-refractivity contribution in [3.8, 4) is 5.75 Å². The van der Waals surface area contributed by atoms with Gasteiger partial charge >= 0.3 is 11.9 Å². The first-order valence-electron chi connectivity index (χ1n) is 7.64. The second-order valence-electron chi connectivity index (χ2n) is 5.44. The number of hydrogen-bond donors (Lipinski definition) is 3. The van der Waals surface area contributed by atoms with Crippen molar-refractivity contribution in [2.75, 3.05) is 18.1 Å². The monoisotopic (exact) mass is 350 g/mol. The van der Waals surface area contributed by atoms with Gasteiger partial charge < -0.3 is 25.2 Å². The molecule has 3 N–H and O–H groups in total. The first-order valence-corrected chi connectivity index (χ1v) is 7.64. The summed E-state index contributed by atoms with van der Waals surface area (Å²) >= 11 is 0. The van der Waals surface area contributed by atoms with Crippen LogP contribution in [0.25, 0.3) is 0 Å². The van der Waals surface area contributed by atoms with Gasteiger partial charge in [-0.1, -0.05) is 12.1 Å². The number of ether oxygens (including phenoxy) is 1. The number of hydrogen-bond acceptors (Lipinski definition) is 5. The molecule has 2 rings (SSSR count). The summed E-state index contributed by atoms with van der Waals surface area (Å²) in [6.45, 7) is -0.0642. The molecule has 1 heterocycles. The molecule has 134 valence electrons. The normalized spacial score (nSPS) is 14.2. The van der Waals surface area contributed by atoms with Gasteiger partial charge in [0.15, 0.2) is 6.61 Å². The van der Waals surface area contributed by atoms with E-state index in [1.165, 1.54) is 4.90 Å². The number of carboxylic acids is 2. The minimum Gasteiger partial charge on any atom is -0.482 e. The Labute approximate surface area is 143 Å². The van der Waals surface area contributed by atoms with Gasteiger partial charge in [0.2, 0.25) is 5.91 Å². The molecule has 0 bridgehead atoms. The Morgan fingerprint density at radius 2 is 1.92 bits per heavy atom. The highest BCUT2D eigenvalue weighted by Gasteiger charge is 2.26. The van der Waals surface area contributed by atoms with E-state index >= 15 is 0 Å². The van der Waals surface area contributed by atoms with E-state index in [-0.39, 0.29) is 38.3 Å². The maximum absolute atomic E-state index is 12.0. The summed E-state index contributed by atoms with van der Waals surface area (Å²) in [6.07, 6.45) is -0.695. The van der Waals surface area contributed by atoms with Crippen LogP contribution in [-0.4, -0.2) is 53.2 Å². The minimum atomic E-state index is -1.30. The maximum atomic E-state index is 12.0. The summed E-state index contributed by atoms with van der Waals surface area (Å²) in [5.41, 5.74) is 0.548. The van der Waals surface area contributed by atoms with Crippen molar-refractivity contribution in [1.29, 1.82) is 0 Å². The fourth-order valence-electron chi connectivity index (χ4n) is 2.40. The van der Waals surface area contributed by atoms with E-state index in [0.29, 0.717) is 11.4 Å². The molecule has 1 aliphatic rings. The average molecular weight is 350 g/mol. The quantitative estimate of drug-likeness (QED) is 0.611. The summed E-state index contributed by atoms with van der Waals surface area (Å²) in [6, 6.07) is 5.62. The zero-order valence-corrected chi connectivity index (χ0v) is 13.3. The van der Waals surface area contributed by atoms with E-state index < -0.39 is 23.9 Å². The van der Waals surface area contributed by atoms with Gasteiger partial charge in [-0.25, -0.2) is 4.79 Å². The van der Waals surface area contributed by atoms with Crippen LogP contribution in [0.2, 0.25) is 0 Å². The number of benzene rings is 1. The Kier molecular flexibility index (Phi) is 5.93. The van der Waals surface area contributed by atoms with Crippen LogP contribution in [0.15, 0.2) is 24.3 Å². The summed E-state index contributed by atoms with van der Waals surface area (Å²) in [7, 11) is 0. The first kappa shape index (κ1) is 18.2. The molecule has 0 saturated carbocycles. The van der Waals surface area contributed by atoms with Gasteiger partial charge in [-0.2, -0.15) is 0 Å². The van der Waals surface area contributed by atoms with Crippen LogP contribution in [0, 0.1) is 0 Å². The molecule has 0 radical (unpaired) electrons. The Morgan fingerprint density at radius 1 is 1.20 bits per heavy atom. The van der Waals surface area contributed by atoms with Gasteiger partial charge in [0.1, 0.15) is 11.8 Å². The van der Waals surface area contributed by atoms with Crippen LogP contribution in [0.3, 0.4) is 0 Å². The highest BCUT2D eigenvalue weighted by Crippen LogP contribution is 2.31. The fourth-order valence-corrected chi connectivity index (χ4v) is 2.40. The molecule has 0 aliphatic carbocycles. The van der Waals surface area contributed by atoms with Gasteiger partial charge in [-0.3, -0.25) is 14.4 Å². The van der Waals surface area contributed by atoms with E-state index in [2.05, 4.69) is 5.32 Å². The predicted octanol–water partition coefficient (Wildman–Crippen LogP) is 0.236. The highest BCUT2D eigenvalue weighted by atomic mass is 16.5. The Bertz CT molecular complexity index is 689. The molecule has 1 aliphatic heterocycles. The number of carbonyl (C=O) groups excluding carboxylic acids is 2. The van der Waals surface area contributed by atoms with Crippen LogP contribution in [0.1, 0.15) is 19.3 Å². The molecule has 1 atom stereocenters. The lowest BCUT2D eigenvalue weighted by Crippen LogP contribution is -2.44. The number of rotatable bonds is 8. The molecule has 0 fully saturated rings. The third-order valence-electron chi connectivity index (χ3n) is 3.65. The number of amides is 2. The van der Waals surface area contributed by atoms with E-state index in [1.807, 2.05) is 0 Å². The largest absolute Gasteiger partial charge is 0.482 e. The Balaban J connectivity index is 1.94. The lowest BCUT2D eigenvalue weighted by Gasteiger charge is -2.29. The highest BCUT2D eigenvalue weighted by molar-refractivity contribution is 5.98. The van der Waals surface area contributed by atoms with Crippen molar-refractivity contribution >= 4 is 29.4 Å².